The summed E-state index contributed by atoms with van der Waals surface area (Å²) in [4.78, 5) is 0. The third kappa shape index (κ3) is 2.44. The third-order valence-electron chi connectivity index (χ3n) is 2.42. The van der Waals surface area contributed by atoms with Crippen molar-refractivity contribution in [1.82, 2.24) is 0 Å². The van der Waals surface area contributed by atoms with Crippen LogP contribution in [0.1, 0.15) is 33.1 Å². The van der Waals surface area contributed by atoms with E-state index in [0.717, 1.165) is 0 Å². The molecule has 1 atom stereocenters. The molecule has 1 fully saturated rings. The Morgan fingerprint density at radius 1 is 1.50 bits per heavy atom. The van der Waals surface area contributed by atoms with Gasteiger partial charge in [0.05, 0.1) is 17.8 Å². The van der Waals surface area contributed by atoms with Crippen LogP contribution in [-0.4, -0.2) is 29.5 Å². The molecule has 1 rings (SSSR count). The van der Waals surface area contributed by atoms with Crippen molar-refractivity contribution in [3.05, 3.63) is 0 Å². The van der Waals surface area contributed by atoms with Crippen LogP contribution in [0.2, 0.25) is 0 Å². The fourth-order valence-electron chi connectivity index (χ4n) is 1.93. The van der Waals surface area contributed by atoms with Crippen molar-refractivity contribution in [2.24, 2.45) is 5.73 Å². The number of hydrogen-bond donors (Lipinski definition) is 2. The van der Waals surface area contributed by atoms with E-state index in [1.165, 1.54) is 0 Å². The van der Waals surface area contributed by atoms with E-state index in [0.29, 0.717) is 32.4 Å². The first-order valence-electron chi connectivity index (χ1n) is 4.54. The van der Waals surface area contributed by atoms with Crippen molar-refractivity contribution in [3.8, 4) is 0 Å². The largest absolute Gasteiger partial charge is 0.390 e. The fourth-order valence-corrected chi connectivity index (χ4v) is 1.93. The number of aliphatic hydroxyl groups is 1. The molecule has 0 amide bonds. The monoisotopic (exact) mass is 173 g/mol. The Labute approximate surface area is 73.9 Å². The Hall–Kier alpha value is -0.120. The van der Waals surface area contributed by atoms with Crippen molar-refractivity contribution in [2.45, 2.75) is 44.3 Å². The summed E-state index contributed by atoms with van der Waals surface area (Å²) in [6.45, 7) is 5.21. The molecule has 0 spiro atoms. The van der Waals surface area contributed by atoms with E-state index in [1.807, 2.05) is 13.8 Å². The molecule has 1 saturated heterocycles. The maximum absolute atomic E-state index is 10.0. The highest BCUT2D eigenvalue weighted by Crippen LogP contribution is 2.33. The lowest BCUT2D eigenvalue weighted by atomic mass is 9.82. The number of hydrogen-bond acceptors (Lipinski definition) is 3. The van der Waals surface area contributed by atoms with E-state index < -0.39 is 5.60 Å². The zero-order valence-corrected chi connectivity index (χ0v) is 7.97. The highest BCUT2D eigenvalue weighted by atomic mass is 16.5. The topological polar surface area (TPSA) is 55.5 Å². The molecular weight excluding hydrogens is 154 g/mol. The second-order valence-electron chi connectivity index (χ2n) is 4.30. The molecule has 1 aliphatic heterocycles. The van der Waals surface area contributed by atoms with Crippen LogP contribution in [0.25, 0.3) is 0 Å². The maximum atomic E-state index is 10.0. The summed E-state index contributed by atoms with van der Waals surface area (Å²) in [5.74, 6) is 0. The van der Waals surface area contributed by atoms with E-state index in [2.05, 4.69) is 0 Å². The van der Waals surface area contributed by atoms with Crippen molar-refractivity contribution in [3.63, 3.8) is 0 Å². The molecule has 3 nitrogen and oxygen atoms in total. The van der Waals surface area contributed by atoms with Crippen molar-refractivity contribution in [2.75, 3.05) is 13.2 Å². The average molecular weight is 173 g/mol. The van der Waals surface area contributed by atoms with Crippen LogP contribution in [0.3, 0.4) is 0 Å². The molecule has 0 aromatic heterocycles. The van der Waals surface area contributed by atoms with Crippen LogP contribution >= 0.6 is 0 Å². The van der Waals surface area contributed by atoms with Crippen LogP contribution in [-0.2, 0) is 4.74 Å². The smallest absolute Gasteiger partial charge is 0.0709 e. The highest BCUT2D eigenvalue weighted by molar-refractivity contribution is 4.90. The van der Waals surface area contributed by atoms with E-state index in [4.69, 9.17) is 10.5 Å². The normalized spacial score (nSPS) is 35.0. The SMILES string of the molecule is CC1(C)CC(O)(CCN)CCO1. The van der Waals surface area contributed by atoms with Crippen molar-refractivity contribution < 1.29 is 9.84 Å². The van der Waals surface area contributed by atoms with Gasteiger partial charge in [-0.3, -0.25) is 0 Å². The first-order chi connectivity index (χ1) is 5.47. The zero-order valence-electron chi connectivity index (χ0n) is 7.97. The molecular formula is C9H19NO2. The van der Waals surface area contributed by atoms with Gasteiger partial charge in [-0.15, -0.1) is 0 Å². The Balaban J connectivity index is 2.55. The molecule has 3 N–H and O–H groups in total. The summed E-state index contributed by atoms with van der Waals surface area (Å²) in [7, 11) is 0. The fraction of sp³-hybridized carbons (Fsp3) is 1.00. The van der Waals surface area contributed by atoms with Gasteiger partial charge in [0.1, 0.15) is 0 Å². The van der Waals surface area contributed by atoms with E-state index in [-0.39, 0.29) is 5.60 Å². The minimum Gasteiger partial charge on any atom is -0.390 e. The van der Waals surface area contributed by atoms with Gasteiger partial charge < -0.3 is 15.6 Å². The van der Waals surface area contributed by atoms with Gasteiger partial charge in [-0.1, -0.05) is 0 Å². The second-order valence-corrected chi connectivity index (χ2v) is 4.30. The molecule has 0 saturated carbocycles. The third-order valence-corrected chi connectivity index (χ3v) is 2.42. The minimum atomic E-state index is -0.587. The van der Waals surface area contributed by atoms with E-state index >= 15 is 0 Å². The molecule has 0 aliphatic carbocycles. The quantitative estimate of drug-likeness (QED) is 0.645. The Morgan fingerprint density at radius 3 is 2.67 bits per heavy atom. The van der Waals surface area contributed by atoms with E-state index in [1.54, 1.807) is 0 Å². The molecule has 1 aliphatic rings. The number of ether oxygens (including phenoxy) is 1. The summed E-state index contributed by atoms with van der Waals surface area (Å²) in [6, 6.07) is 0. The highest BCUT2D eigenvalue weighted by Gasteiger charge is 2.38. The van der Waals surface area contributed by atoms with Gasteiger partial charge >= 0.3 is 0 Å². The van der Waals surface area contributed by atoms with Gasteiger partial charge in [-0.05, 0) is 33.2 Å². The molecule has 1 unspecified atom stereocenters. The van der Waals surface area contributed by atoms with Crippen LogP contribution in [0.5, 0.6) is 0 Å². The van der Waals surface area contributed by atoms with Crippen LogP contribution in [0.15, 0.2) is 0 Å². The molecule has 0 aromatic rings. The number of nitrogens with two attached hydrogens (primary N) is 1. The van der Waals surface area contributed by atoms with Gasteiger partial charge in [0, 0.05) is 6.42 Å². The molecule has 0 aromatic carbocycles. The van der Waals surface area contributed by atoms with Gasteiger partial charge in [0.2, 0.25) is 0 Å². The Morgan fingerprint density at radius 2 is 2.17 bits per heavy atom. The van der Waals surface area contributed by atoms with Gasteiger partial charge in [-0.25, -0.2) is 0 Å². The lowest BCUT2D eigenvalue weighted by molar-refractivity contribution is -0.145. The molecule has 0 radical (unpaired) electrons. The molecule has 3 heteroatoms. The van der Waals surface area contributed by atoms with Crippen molar-refractivity contribution >= 4 is 0 Å². The van der Waals surface area contributed by atoms with Crippen LogP contribution in [0.4, 0.5) is 0 Å². The van der Waals surface area contributed by atoms with Crippen LogP contribution < -0.4 is 5.73 Å². The second kappa shape index (κ2) is 3.32. The summed E-state index contributed by atoms with van der Waals surface area (Å²) in [5.41, 5.74) is 4.65. The standard InChI is InChI=1S/C9H19NO2/c1-8(2)7-9(11,3-5-10)4-6-12-8/h11H,3-7,10H2,1-2H3. The molecule has 12 heavy (non-hydrogen) atoms. The first-order valence-corrected chi connectivity index (χ1v) is 4.54. The predicted octanol–water partition coefficient (Wildman–Crippen LogP) is 0.655. The van der Waals surface area contributed by atoms with Gasteiger partial charge in [0.25, 0.3) is 0 Å². The Kier molecular flexibility index (Phi) is 2.76. The predicted molar refractivity (Wildman–Crippen MR) is 47.9 cm³/mol. The van der Waals surface area contributed by atoms with Gasteiger partial charge in [-0.2, -0.15) is 0 Å². The number of rotatable bonds is 2. The van der Waals surface area contributed by atoms with Crippen molar-refractivity contribution in [1.29, 1.82) is 0 Å². The summed E-state index contributed by atoms with van der Waals surface area (Å²) < 4.78 is 5.51. The molecule has 0 bridgehead atoms. The van der Waals surface area contributed by atoms with Gasteiger partial charge in [0.15, 0.2) is 0 Å². The minimum absolute atomic E-state index is 0.192. The lowest BCUT2D eigenvalue weighted by Crippen LogP contribution is -2.46. The summed E-state index contributed by atoms with van der Waals surface area (Å²) >= 11 is 0. The lowest BCUT2D eigenvalue weighted by Gasteiger charge is -2.41. The molecule has 1 heterocycles. The van der Waals surface area contributed by atoms with E-state index in [9.17, 15) is 5.11 Å². The first kappa shape index (κ1) is 9.96. The average Bonchev–Trinajstić information content (AvgIpc) is 1.83. The van der Waals surface area contributed by atoms with Crippen LogP contribution in [0, 0.1) is 0 Å². The summed E-state index contributed by atoms with van der Waals surface area (Å²) in [5, 5.41) is 10.0. The molecule has 72 valence electrons. The Bertz CT molecular complexity index is 155. The maximum Gasteiger partial charge on any atom is 0.0709 e. The zero-order chi connectivity index (χ0) is 9.24. The summed E-state index contributed by atoms with van der Waals surface area (Å²) in [6.07, 6.45) is 2.09.